The van der Waals surface area contributed by atoms with Crippen LogP contribution in [0, 0.1) is 0 Å². The van der Waals surface area contributed by atoms with Gasteiger partial charge >= 0.3 is 6.18 Å². The zero-order valence-electron chi connectivity index (χ0n) is 7.84. The molecule has 0 N–H and O–H groups in total. The molecule has 0 heterocycles. The van der Waals surface area contributed by atoms with Crippen molar-refractivity contribution in [3.63, 3.8) is 0 Å². The monoisotopic (exact) mass is 238 g/mol. The van der Waals surface area contributed by atoms with E-state index in [-0.39, 0.29) is 4.90 Å². The fourth-order valence-corrected chi connectivity index (χ4v) is 1.66. The van der Waals surface area contributed by atoms with Gasteiger partial charge in [0.15, 0.2) is 10.7 Å². The summed E-state index contributed by atoms with van der Waals surface area (Å²) in [5.74, 6) is 0. The second-order valence-corrected chi connectivity index (χ2v) is 4.03. The first kappa shape index (κ1) is 12.0. The molecule has 1 aromatic rings. The maximum absolute atomic E-state index is 12.4. The van der Waals surface area contributed by atoms with Gasteiger partial charge in [0.1, 0.15) is 0 Å². The van der Waals surface area contributed by atoms with E-state index >= 15 is 0 Å². The van der Waals surface area contributed by atoms with Crippen LogP contribution in [0.2, 0.25) is 0 Å². The Morgan fingerprint density at radius 2 is 1.80 bits per heavy atom. The van der Waals surface area contributed by atoms with E-state index in [1.807, 2.05) is 0 Å². The summed E-state index contributed by atoms with van der Waals surface area (Å²) in [6.07, 6.45) is -4.15. The Balaban J connectivity index is 3.36. The molecule has 0 aliphatic rings. The second-order valence-electron chi connectivity index (χ2n) is 3.00. The van der Waals surface area contributed by atoms with Crippen molar-refractivity contribution in [1.29, 1.82) is 0 Å². The summed E-state index contributed by atoms with van der Waals surface area (Å²) in [6.45, 7) is 1.66. The van der Waals surface area contributed by atoms with Crippen LogP contribution in [0.5, 0.6) is 0 Å². The van der Waals surface area contributed by atoms with E-state index in [4.69, 9.17) is 0 Å². The van der Waals surface area contributed by atoms with Gasteiger partial charge in [0, 0.05) is 0 Å². The number of rotatable bonds is 2. The van der Waals surface area contributed by atoms with Gasteiger partial charge in [-0.25, -0.2) is 8.42 Å². The fraction of sp³-hybridized carbons (Fsp3) is 0.333. The molecular weight excluding hydrogens is 229 g/mol. The Hall–Kier alpha value is -1.04. The molecule has 0 aliphatic carbocycles. The van der Waals surface area contributed by atoms with Crippen molar-refractivity contribution in [2.75, 3.05) is 0 Å². The Morgan fingerprint density at radius 1 is 1.20 bits per heavy atom. The zero-order chi connectivity index (χ0) is 11.6. The molecular formula is C9H9F3O2S. The van der Waals surface area contributed by atoms with Crippen LogP contribution in [0.15, 0.2) is 23.1 Å². The van der Waals surface area contributed by atoms with Crippen molar-refractivity contribution in [2.24, 2.45) is 0 Å². The minimum absolute atomic E-state index is 0.295. The number of aryl methyl sites for hydroxylation is 1. The Bertz CT molecular complexity index is 427. The third kappa shape index (κ3) is 2.95. The molecule has 0 fully saturated rings. The third-order valence-corrected chi connectivity index (χ3v) is 2.60. The van der Waals surface area contributed by atoms with E-state index in [1.165, 1.54) is 6.07 Å². The molecule has 0 aromatic heterocycles. The van der Waals surface area contributed by atoms with Crippen molar-refractivity contribution in [3.05, 3.63) is 29.3 Å². The maximum Gasteiger partial charge on any atom is 0.416 e. The smallest absolute Gasteiger partial charge is 0.227 e. The molecule has 1 aromatic carbocycles. The van der Waals surface area contributed by atoms with E-state index in [0.717, 1.165) is 6.07 Å². The van der Waals surface area contributed by atoms with Crippen LogP contribution >= 0.6 is 0 Å². The van der Waals surface area contributed by atoms with Crippen LogP contribution in [0.4, 0.5) is 13.2 Å². The molecule has 0 atom stereocenters. The summed E-state index contributed by atoms with van der Waals surface area (Å²) in [7, 11) is -2.98. The maximum atomic E-state index is 12.4. The van der Waals surface area contributed by atoms with Crippen LogP contribution in [0.1, 0.15) is 18.1 Å². The average Bonchev–Trinajstić information content (AvgIpc) is 2.15. The lowest BCUT2D eigenvalue weighted by atomic mass is 10.1. The van der Waals surface area contributed by atoms with Crippen LogP contribution in [0.3, 0.4) is 0 Å². The third-order valence-electron chi connectivity index (χ3n) is 1.92. The fourth-order valence-electron chi connectivity index (χ4n) is 1.15. The van der Waals surface area contributed by atoms with Gasteiger partial charge in [-0.1, -0.05) is 6.92 Å². The predicted octanol–water partition coefficient (Wildman–Crippen LogP) is 2.24. The lowest BCUT2D eigenvalue weighted by Crippen LogP contribution is -2.06. The highest BCUT2D eigenvalue weighted by Crippen LogP contribution is 2.31. The first-order chi connectivity index (χ1) is 6.84. The highest BCUT2D eigenvalue weighted by atomic mass is 32.2. The number of benzene rings is 1. The summed E-state index contributed by atoms with van der Waals surface area (Å²) in [6, 6.07) is 2.86. The lowest BCUT2D eigenvalue weighted by Gasteiger charge is -2.08. The Kier molecular flexibility index (Phi) is 3.38. The SMILES string of the molecule is CCc1cc([SH](=O)=O)cc(C(F)(F)F)c1. The van der Waals surface area contributed by atoms with Gasteiger partial charge in [-0.15, -0.1) is 0 Å². The Morgan fingerprint density at radius 3 is 2.20 bits per heavy atom. The first-order valence-corrected chi connectivity index (χ1v) is 5.38. The quantitative estimate of drug-likeness (QED) is 0.802. The molecule has 0 amide bonds. The van der Waals surface area contributed by atoms with Crippen molar-refractivity contribution in [1.82, 2.24) is 0 Å². The summed E-state index contributed by atoms with van der Waals surface area (Å²) >= 11 is 0. The van der Waals surface area contributed by atoms with Gasteiger partial charge in [0.2, 0.25) is 0 Å². The summed E-state index contributed by atoms with van der Waals surface area (Å²) in [5, 5.41) is 0. The molecule has 6 heteroatoms. The highest BCUT2D eigenvalue weighted by Gasteiger charge is 2.31. The van der Waals surface area contributed by atoms with E-state index in [0.29, 0.717) is 18.1 Å². The van der Waals surface area contributed by atoms with Crippen molar-refractivity contribution in [3.8, 4) is 0 Å². The largest absolute Gasteiger partial charge is 0.416 e. The number of hydrogen-bond donors (Lipinski definition) is 1. The highest BCUT2D eigenvalue weighted by molar-refractivity contribution is 7.72. The molecule has 0 aliphatic heterocycles. The lowest BCUT2D eigenvalue weighted by molar-refractivity contribution is -0.137. The minimum atomic E-state index is -4.51. The van der Waals surface area contributed by atoms with Crippen molar-refractivity contribution >= 4 is 10.7 Å². The van der Waals surface area contributed by atoms with Gasteiger partial charge < -0.3 is 0 Å². The van der Waals surface area contributed by atoms with Crippen LogP contribution in [-0.2, 0) is 23.3 Å². The number of thiol groups is 1. The van der Waals surface area contributed by atoms with Gasteiger partial charge in [-0.05, 0) is 30.2 Å². The molecule has 0 bridgehead atoms. The number of alkyl halides is 3. The van der Waals surface area contributed by atoms with Crippen molar-refractivity contribution in [2.45, 2.75) is 24.4 Å². The zero-order valence-corrected chi connectivity index (χ0v) is 8.73. The first-order valence-electron chi connectivity index (χ1n) is 4.20. The van der Waals surface area contributed by atoms with E-state index in [2.05, 4.69) is 0 Å². The molecule has 0 saturated carbocycles. The van der Waals surface area contributed by atoms with Crippen LogP contribution < -0.4 is 0 Å². The summed E-state index contributed by atoms with van der Waals surface area (Å²) < 4.78 is 58.3. The molecule has 0 saturated heterocycles. The van der Waals surface area contributed by atoms with Gasteiger partial charge in [0.25, 0.3) is 0 Å². The average molecular weight is 238 g/mol. The van der Waals surface area contributed by atoms with Crippen LogP contribution in [0.25, 0.3) is 0 Å². The van der Waals surface area contributed by atoms with Gasteiger partial charge in [-0.2, -0.15) is 13.2 Å². The van der Waals surface area contributed by atoms with Gasteiger partial charge in [-0.3, -0.25) is 0 Å². The normalized spacial score (nSPS) is 12.1. The van der Waals surface area contributed by atoms with Crippen LogP contribution in [-0.4, -0.2) is 8.42 Å². The topological polar surface area (TPSA) is 34.1 Å². The molecule has 0 radical (unpaired) electrons. The van der Waals surface area contributed by atoms with E-state index < -0.39 is 22.4 Å². The Labute approximate surface area is 86.7 Å². The molecule has 2 nitrogen and oxygen atoms in total. The number of halogens is 3. The number of hydrogen-bond acceptors (Lipinski definition) is 2. The predicted molar refractivity (Wildman–Crippen MR) is 49.4 cm³/mol. The molecule has 84 valence electrons. The minimum Gasteiger partial charge on any atom is -0.227 e. The second kappa shape index (κ2) is 4.22. The molecule has 0 spiro atoms. The summed E-state index contributed by atoms with van der Waals surface area (Å²) in [5.41, 5.74) is -0.560. The standard InChI is InChI=1S/C9H9F3O2S/c1-2-6-3-7(9(10,11)12)5-8(4-6)15(13)14/h3-5,15H,2H2,1H3. The van der Waals surface area contributed by atoms with E-state index in [9.17, 15) is 21.6 Å². The van der Waals surface area contributed by atoms with Gasteiger partial charge in [0.05, 0.1) is 10.5 Å². The molecule has 15 heavy (non-hydrogen) atoms. The summed E-state index contributed by atoms with van der Waals surface area (Å²) in [4.78, 5) is -0.295. The van der Waals surface area contributed by atoms with E-state index in [1.54, 1.807) is 6.92 Å². The molecule has 1 rings (SSSR count). The van der Waals surface area contributed by atoms with Crippen molar-refractivity contribution < 1.29 is 21.6 Å². The molecule has 0 unspecified atom stereocenters.